The van der Waals surface area contributed by atoms with Crippen molar-refractivity contribution in [2.45, 2.75) is 61.0 Å². The number of nitrogens with zero attached hydrogens (tertiary/aromatic N) is 2. The second-order valence-electron chi connectivity index (χ2n) is 5.79. The first-order chi connectivity index (χ1) is 9.58. The van der Waals surface area contributed by atoms with E-state index in [4.69, 9.17) is 0 Å². The molecule has 2 aliphatic rings. The third-order valence-electron chi connectivity index (χ3n) is 3.87. The molecule has 6 heteroatoms. The van der Waals surface area contributed by atoms with Crippen LogP contribution in [0, 0.1) is 18.3 Å². The van der Waals surface area contributed by atoms with Crippen molar-refractivity contribution in [3.05, 3.63) is 22.1 Å². The van der Waals surface area contributed by atoms with Gasteiger partial charge in [0.2, 0.25) is 0 Å². The number of hydrogen-bond acceptors (Lipinski definition) is 5. The molecule has 2 aliphatic carbocycles. The number of thioether (sulfide) groups is 1. The van der Waals surface area contributed by atoms with Crippen molar-refractivity contribution < 1.29 is 0 Å². The zero-order chi connectivity index (χ0) is 14.2. The van der Waals surface area contributed by atoms with Crippen molar-refractivity contribution in [1.82, 2.24) is 15.3 Å². The van der Waals surface area contributed by atoms with E-state index in [0.717, 1.165) is 25.0 Å². The van der Waals surface area contributed by atoms with Gasteiger partial charge in [-0.05, 0) is 39.0 Å². The lowest BCUT2D eigenvalue weighted by atomic mass is 10.00. The van der Waals surface area contributed by atoms with Crippen LogP contribution < -0.4 is 10.9 Å². The number of hydrogen-bond donors (Lipinski definition) is 2. The third kappa shape index (κ3) is 3.05. The maximum Gasteiger partial charge on any atom is 0.251 e. The summed E-state index contributed by atoms with van der Waals surface area (Å²) in [6, 6.07) is 4.50. The van der Waals surface area contributed by atoms with Gasteiger partial charge in [0, 0.05) is 23.1 Å². The molecule has 0 bridgehead atoms. The van der Waals surface area contributed by atoms with Crippen molar-refractivity contribution >= 4 is 11.8 Å². The van der Waals surface area contributed by atoms with Crippen molar-refractivity contribution in [3.8, 4) is 6.07 Å². The molecule has 2 N–H and O–H groups in total. The average molecular weight is 290 g/mol. The molecule has 2 saturated carbocycles. The fourth-order valence-corrected chi connectivity index (χ4v) is 4.02. The van der Waals surface area contributed by atoms with E-state index in [0.29, 0.717) is 16.4 Å². The molecule has 0 amide bonds. The van der Waals surface area contributed by atoms with Gasteiger partial charge in [0.15, 0.2) is 5.16 Å². The number of aromatic nitrogens is 2. The molecule has 0 spiro atoms. The molecular formula is C14H18N4OS. The number of rotatable bonds is 4. The maximum atomic E-state index is 11.4. The first kappa shape index (κ1) is 13.7. The molecular weight excluding hydrogens is 272 g/mol. The monoisotopic (exact) mass is 290 g/mol. The Hall–Kier alpha value is -1.32. The molecule has 1 aromatic heterocycles. The molecule has 1 aromatic rings. The zero-order valence-electron chi connectivity index (χ0n) is 11.5. The van der Waals surface area contributed by atoms with Gasteiger partial charge in [0.25, 0.3) is 5.56 Å². The Kier molecular flexibility index (Phi) is 3.57. The van der Waals surface area contributed by atoms with Crippen molar-refractivity contribution in [2.24, 2.45) is 0 Å². The molecule has 2 atom stereocenters. The predicted molar refractivity (Wildman–Crippen MR) is 77.6 cm³/mol. The summed E-state index contributed by atoms with van der Waals surface area (Å²) in [6.07, 6.45) is 5.06. The Morgan fingerprint density at radius 3 is 3.00 bits per heavy atom. The largest absolute Gasteiger partial charge is 0.301 e. The summed E-state index contributed by atoms with van der Waals surface area (Å²) in [4.78, 5) is 18.6. The van der Waals surface area contributed by atoms with Crippen LogP contribution >= 0.6 is 11.8 Å². The normalized spacial score (nSPS) is 29.3. The first-order valence-electron chi connectivity index (χ1n) is 7.02. The third-order valence-corrected chi connectivity index (χ3v) is 5.02. The van der Waals surface area contributed by atoms with E-state index in [1.54, 1.807) is 11.8 Å². The minimum atomic E-state index is -0.372. The summed E-state index contributed by atoms with van der Waals surface area (Å²) in [5.41, 5.74) is 0.251. The van der Waals surface area contributed by atoms with Crippen LogP contribution in [0.3, 0.4) is 0 Å². The number of nitrogens with one attached hydrogen (secondary N) is 2. The number of nitriles is 1. The van der Waals surface area contributed by atoms with Crippen LogP contribution in [0.1, 0.15) is 37.8 Å². The van der Waals surface area contributed by atoms with Crippen LogP contribution in [0.4, 0.5) is 0 Å². The molecule has 0 aliphatic heterocycles. The number of aryl methyl sites for hydroxylation is 1. The van der Waals surface area contributed by atoms with E-state index < -0.39 is 0 Å². The topological polar surface area (TPSA) is 81.6 Å². The summed E-state index contributed by atoms with van der Waals surface area (Å²) >= 11 is 1.59. The van der Waals surface area contributed by atoms with Gasteiger partial charge in [-0.2, -0.15) is 5.26 Å². The van der Waals surface area contributed by atoms with Gasteiger partial charge in [0.05, 0.1) is 6.07 Å². The maximum absolute atomic E-state index is 11.4. The predicted octanol–water partition coefficient (Wildman–Crippen LogP) is 1.74. The minimum absolute atomic E-state index is 0.111. The van der Waals surface area contributed by atoms with E-state index in [1.165, 1.54) is 18.9 Å². The summed E-state index contributed by atoms with van der Waals surface area (Å²) in [6.45, 7) is 1.82. The molecule has 1 heterocycles. The lowest BCUT2D eigenvalue weighted by molar-refractivity contribution is 0.420. The van der Waals surface area contributed by atoms with Crippen LogP contribution in [0.2, 0.25) is 0 Å². The van der Waals surface area contributed by atoms with E-state index in [1.807, 2.05) is 6.92 Å². The minimum Gasteiger partial charge on any atom is -0.301 e. The summed E-state index contributed by atoms with van der Waals surface area (Å²) in [7, 11) is 0. The Balaban J connectivity index is 1.67. The van der Waals surface area contributed by atoms with E-state index in [-0.39, 0.29) is 11.1 Å². The first-order valence-corrected chi connectivity index (χ1v) is 7.90. The molecule has 3 rings (SSSR count). The van der Waals surface area contributed by atoms with Crippen molar-refractivity contribution in [3.63, 3.8) is 0 Å². The van der Waals surface area contributed by atoms with Gasteiger partial charge in [-0.25, -0.2) is 4.98 Å². The Morgan fingerprint density at radius 2 is 2.35 bits per heavy atom. The Bertz CT molecular complexity index is 604. The second-order valence-corrected chi connectivity index (χ2v) is 7.08. The highest BCUT2D eigenvalue weighted by molar-refractivity contribution is 7.99. The van der Waals surface area contributed by atoms with Crippen LogP contribution in [-0.2, 0) is 0 Å². The number of aromatic amines is 1. The van der Waals surface area contributed by atoms with Crippen molar-refractivity contribution in [1.29, 1.82) is 5.26 Å². The molecule has 20 heavy (non-hydrogen) atoms. The van der Waals surface area contributed by atoms with Crippen molar-refractivity contribution in [2.75, 3.05) is 0 Å². The molecule has 5 nitrogen and oxygen atoms in total. The van der Waals surface area contributed by atoms with Gasteiger partial charge in [0.1, 0.15) is 5.54 Å². The summed E-state index contributed by atoms with van der Waals surface area (Å²) < 4.78 is 0. The molecule has 0 aromatic carbocycles. The Labute approximate surface area is 122 Å². The molecule has 0 radical (unpaired) electrons. The van der Waals surface area contributed by atoms with Gasteiger partial charge in [-0.15, -0.1) is 0 Å². The lowest BCUT2D eigenvalue weighted by Crippen LogP contribution is -2.43. The zero-order valence-corrected chi connectivity index (χ0v) is 12.3. The van der Waals surface area contributed by atoms with Gasteiger partial charge < -0.3 is 4.98 Å². The van der Waals surface area contributed by atoms with E-state index >= 15 is 0 Å². The quantitative estimate of drug-likeness (QED) is 0.825. The lowest BCUT2D eigenvalue weighted by Gasteiger charge is -2.22. The molecule has 0 saturated heterocycles. The van der Waals surface area contributed by atoms with Gasteiger partial charge in [-0.3, -0.25) is 10.1 Å². The summed E-state index contributed by atoms with van der Waals surface area (Å²) in [5.74, 6) is 0. The highest BCUT2D eigenvalue weighted by Crippen LogP contribution is 2.40. The second kappa shape index (κ2) is 5.23. The van der Waals surface area contributed by atoms with Gasteiger partial charge in [-0.1, -0.05) is 11.8 Å². The highest BCUT2D eigenvalue weighted by Gasteiger charge is 2.43. The van der Waals surface area contributed by atoms with Gasteiger partial charge >= 0.3 is 0 Å². The smallest absolute Gasteiger partial charge is 0.251 e. The SMILES string of the molecule is Cc1cc(=O)[nH]c(SC2CCC(C#N)(NC3CC3)C2)n1. The average Bonchev–Trinajstić information content (AvgIpc) is 3.09. The molecule has 106 valence electrons. The fraction of sp³-hybridized carbons (Fsp3) is 0.643. The Morgan fingerprint density at radius 1 is 1.55 bits per heavy atom. The number of H-pyrrole nitrogens is 1. The van der Waals surface area contributed by atoms with Crippen LogP contribution in [0.5, 0.6) is 0 Å². The fourth-order valence-electron chi connectivity index (χ4n) is 2.75. The molecule has 2 unspecified atom stereocenters. The standard InChI is InChI=1S/C14H18N4OS/c1-9-6-12(19)17-13(16-9)20-11-4-5-14(7-11,8-15)18-10-2-3-10/h6,10-11,18H,2-5,7H2,1H3,(H,16,17,19). The highest BCUT2D eigenvalue weighted by atomic mass is 32.2. The van der Waals surface area contributed by atoms with E-state index in [9.17, 15) is 10.1 Å². The molecule has 2 fully saturated rings. The van der Waals surface area contributed by atoms with Crippen LogP contribution in [-0.4, -0.2) is 26.8 Å². The van der Waals surface area contributed by atoms with E-state index in [2.05, 4.69) is 21.4 Å². The van der Waals surface area contributed by atoms with Crippen LogP contribution in [0.15, 0.2) is 16.0 Å². The van der Waals surface area contributed by atoms with Crippen LogP contribution in [0.25, 0.3) is 0 Å². The summed E-state index contributed by atoms with van der Waals surface area (Å²) in [5, 5.41) is 14.0.